The lowest BCUT2D eigenvalue weighted by Gasteiger charge is -2.15. The van der Waals surface area contributed by atoms with Gasteiger partial charge in [-0.15, -0.1) is 0 Å². The minimum atomic E-state index is -3.94. The molecule has 0 heterocycles. The lowest BCUT2D eigenvalue weighted by molar-refractivity contribution is -0.153. The summed E-state index contributed by atoms with van der Waals surface area (Å²) >= 11 is 0. The number of nitrogens with one attached hydrogen (secondary N) is 2. The molecule has 0 aliphatic carbocycles. The van der Waals surface area contributed by atoms with Gasteiger partial charge < -0.3 is 10.1 Å². The van der Waals surface area contributed by atoms with Gasteiger partial charge in [-0.2, -0.15) is 4.72 Å². The Balaban J connectivity index is 2.57. The van der Waals surface area contributed by atoms with Crippen LogP contribution in [0.15, 0.2) is 29.2 Å². The molecule has 1 rings (SSSR count). The van der Waals surface area contributed by atoms with Crippen molar-refractivity contribution < 1.29 is 27.5 Å². The third-order valence-corrected chi connectivity index (χ3v) is 4.76. The maximum atomic E-state index is 12.1. The largest absolute Gasteiger partial charge is 0.452 e. The second-order valence-corrected chi connectivity index (χ2v) is 7.94. The van der Waals surface area contributed by atoms with Crippen LogP contribution in [0.25, 0.3) is 0 Å². The zero-order valence-corrected chi connectivity index (χ0v) is 16.1. The number of carbonyl (C=O) groups excluding carboxylic acids is 3. The highest BCUT2D eigenvalue weighted by Gasteiger charge is 2.20. The van der Waals surface area contributed by atoms with Crippen LogP contribution >= 0.6 is 0 Å². The number of ether oxygens (including phenoxy) is 1. The minimum Gasteiger partial charge on any atom is -0.452 e. The van der Waals surface area contributed by atoms with E-state index < -0.39 is 34.5 Å². The summed E-state index contributed by atoms with van der Waals surface area (Å²) in [4.78, 5) is 34.6. The molecule has 0 radical (unpaired) electrons. The fourth-order valence-electron chi connectivity index (χ4n) is 1.85. The number of ketones is 1. The highest BCUT2D eigenvalue weighted by Crippen LogP contribution is 2.10. The van der Waals surface area contributed by atoms with E-state index in [-0.39, 0.29) is 16.6 Å². The monoisotopic (exact) mass is 384 g/mol. The lowest BCUT2D eigenvalue weighted by atomic mass is 10.2. The molecule has 1 atom stereocenters. The van der Waals surface area contributed by atoms with Crippen LogP contribution in [0.5, 0.6) is 0 Å². The second-order valence-electron chi connectivity index (χ2n) is 6.18. The normalized spacial score (nSPS) is 12.5. The standard InChI is InChI=1S/C17H24N2O6S/c1-11(2)9-18-17(22)13(4)25-16(21)10-19-26(23,24)15-7-5-14(6-8-15)12(3)20/h5-8,11,13,19H,9-10H2,1-4H3,(H,18,22). The van der Waals surface area contributed by atoms with E-state index in [1.807, 2.05) is 13.8 Å². The van der Waals surface area contributed by atoms with Crippen molar-refractivity contribution in [1.82, 2.24) is 10.0 Å². The molecule has 0 aliphatic heterocycles. The van der Waals surface area contributed by atoms with Gasteiger partial charge in [0, 0.05) is 12.1 Å². The molecule has 8 nitrogen and oxygen atoms in total. The third kappa shape index (κ3) is 6.93. The Morgan fingerprint density at radius 2 is 1.65 bits per heavy atom. The van der Waals surface area contributed by atoms with E-state index in [0.29, 0.717) is 12.1 Å². The van der Waals surface area contributed by atoms with Crippen molar-refractivity contribution in [3.8, 4) is 0 Å². The van der Waals surface area contributed by atoms with E-state index in [1.54, 1.807) is 0 Å². The summed E-state index contributed by atoms with van der Waals surface area (Å²) in [6.45, 7) is 6.46. The molecule has 2 N–H and O–H groups in total. The van der Waals surface area contributed by atoms with Crippen LogP contribution in [-0.4, -0.2) is 45.3 Å². The molecule has 0 bridgehead atoms. The maximum absolute atomic E-state index is 12.1. The van der Waals surface area contributed by atoms with Crippen LogP contribution in [-0.2, 0) is 24.3 Å². The van der Waals surface area contributed by atoms with Gasteiger partial charge in [-0.05, 0) is 31.9 Å². The molecule has 0 fully saturated rings. The van der Waals surface area contributed by atoms with Crippen molar-refractivity contribution in [3.05, 3.63) is 29.8 Å². The highest BCUT2D eigenvalue weighted by atomic mass is 32.2. The molecule has 0 saturated carbocycles. The topological polar surface area (TPSA) is 119 Å². The quantitative estimate of drug-likeness (QED) is 0.482. The van der Waals surface area contributed by atoms with Gasteiger partial charge in [0.2, 0.25) is 10.0 Å². The molecule has 9 heteroatoms. The number of carbonyl (C=O) groups is 3. The van der Waals surface area contributed by atoms with E-state index >= 15 is 0 Å². The van der Waals surface area contributed by atoms with Gasteiger partial charge in [0.15, 0.2) is 11.9 Å². The van der Waals surface area contributed by atoms with Crippen molar-refractivity contribution in [2.45, 2.75) is 38.7 Å². The lowest BCUT2D eigenvalue weighted by Crippen LogP contribution is -2.39. The summed E-state index contributed by atoms with van der Waals surface area (Å²) in [5.74, 6) is -1.26. The molecule has 0 aliphatic rings. The van der Waals surface area contributed by atoms with Crippen LogP contribution in [0.3, 0.4) is 0 Å². The number of sulfonamides is 1. The predicted octanol–water partition coefficient (Wildman–Crippen LogP) is 0.871. The third-order valence-electron chi connectivity index (χ3n) is 3.34. The molecular formula is C17H24N2O6S. The van der Waals surface area contributed by atoms with Gasteiger partial charge >= 0.3 is 5.97 Å². The molecule has 0 saturated heterocycles. The Morgan fingerprint density at radius 3 is 2.15 bits per heavy atom. The van der Waals surface area contributed by atoms with Crippen LogP contribution in [0.2, 0.25) is 0 Å². The fourth-order valence-corrected chi connectivity index (χ4v) is 2.82. The average Bonchev–Trinajstić information content (AvgIpc) is 2.57. The average molecular weight is 384 g/mol. The summed E-state index contributed by atoms with van der Waals surface area (Å²) in [6, 6.07) is 5.31. The van der Waals surface area contributed by atoms with Gasteiger partial charge in [-0.1, -0.05) is 26.0 Å². The summed E-state index contributed by atoms with van der Waals surface area (Å²) in [5.41, 5.74) is 0.379. The van der Waals surface area contributed by atoms with Gasteiger partial charge in [-0.25, -0.2) is 8.42 Å². The zero-order chi connectivity index (χ0) is 19.9. The van der Waals surface area contributed by atoms with Crippen molar-refractivity contribution in [1.29, 1.82) is 0 Å². The van der Waals surface area contributed by atoms with Crippen LogP contribution < -0.4 is 10.0 Å². The first-order valence-corrected chi connectivity index (χ1v) is 9.59. The number of Topliss-reactive ketones (excluding diaryl/α,β-unsaturated/α-hetero) is 1. The fraction of sp³-hybridized carbons (Fsp3) is 0.471. The van der Waals surface area contributed by atoms with Crippen molar-refractivity contribution in [3.63, 3.8) is 0 Å². The minimum absolute atomic E-state index is 0.0852. The molecule has 1 aromatic carbocycles. The number of benzene rings is 1. The number of hydrogen-bond donors (Lipinski definition) is 2. The SMILES string of the molecule is CC(=O)c1ccc(S(=O)(=O)NCC(=O)OC(C)C(=O)NCC(C)C)cc1. The van der Waals surface area contributed by atoms with Crippen molar-refractivity contribution in [2.75, 3.05) is 13.1 Å². The Kier molecular flexibility index (Phi) is 7.91. The highest BCUT2D eigenvalue weighted by molar-refractivity contribution is 7.89. The summed E-state index contributed by atoms with van der Waals surface area (Å²) in [5, 5.41) is 2.62. The van der Waals surface area contributed by atoms with Gasteiger partial charge in [0.05, 0.1) is 4.90 Å². The van der Waals surface area contributed by atoms with Crippen molar-refractivity contribution in [2.24, 2.45) is 5.92 Å². The van der Waals surface area contributed by atoms with E-state index in [9.17, 15) is 22.8 Å². The maximum Gasteiger partial charge on any atom is 0.321 e. The molecule has 0 spiro atoms. The first-order chi connectivity index (χ1) is 12.0. The van der Waals surface area contributed by atoms with Crippen molar-refractivity contribution >= 4 is 27.7 Å². The van der Waals surface area contributed by atoms with Crippen LogP contribution in [0.4, 0.5) is 0 Å². The zero-order valence-electron chi connectivity index (χ0n) is 15.2. The first kappa shape index (κ1) is 21.8. The molecule has 26 heavy (non-hydrogen) atoms. The number of amides is 1. The van der Waals surface area contributed by atoms with Gasteiger partial charge in [0.1, 0.15) is 6.54 Å². The van der Waals surface area contributed by atoms with E-state index in [0.717, 1.165) is 0 Å². The first-order valence-electron chi connectivity index (χ1n) is 8.10. The Morgan fingerprint density at radius 1 is 1.08 bits per heavy atom. The molecule has 1 aromatic rings. The van der Waals surface area contributed by atoms with E-state index in [1.165, 1.54) is 38.1 Å². The van der Waals surface area contributed by atoms with Gasteiger partial charge in [-0.3, -0.25) is 14.4 Å². The number of hydrogen-bond acceptors (Lipinski definition) is 6. The molecule has 1 amide bonds. The Bertz CT molecular complexity index is 756. The molecule has 1 unspecified atom stereocenters. The summed E-state index contributed by atoms with van der Waals surface area (Å²) in [6.07, 6.45) is -1.03. The molecular weight excluding hydrogens is 360 g/mol. The predicted molar refractivity (Wildman–Crippen MR) is 95.0 cm³/mol. The second kappa shape index (κ2) is 9.44. The van der Waals surface area contributed by atoms with E-state index in [4.69, 9.17) is 4.74 Å². The number of esters is 1. The summed E-state index contributed by atoms with van der Waals surface area (Å²) < 4.78 is 31.3. The van der Waals surface area contributed by atoms with Crippen LogP contribution in [0, 0.1) is 5.92 Å². The number of rotatable bonds is 9. The Hall–Kier alpha value is -2.26. The van der Waals surface area contributed by atoms with Crippen LogP contribution in [0.1, 0.15) is 38.1 Å². The Labute approximate surface area is 153 Å². The smallest absolute Gasteiger partial charge is 0.321 e. The molecule has 0 aromatic heterocycles. The van der Waals surface area contributed by atoms with Gasteiger partial charge in [0.25, 0.3) is 5.91 Å². The summed E-state index contributed by atoms with van der Waals surface area (Å²) in [7, 11) is -3.94. The molecule has 144 valence electrons. The van der Waals surface area contributed by atoms with E-state index in [2.05, 4.69) is 10.0 Å².